The first-order chi connectivity index (χ1) is 25.7. The minimum Gasteiger partial charge on any atom is -0.497 e. The Balaban J connectivity index is 1.45. The first kappa shape index (κ1) is 37.9. The molecule has 1 saturated heterocycles. The SMILES string of the molecule is COc1ccc2c(c1)C=C(c1c(C(=O)N3C[C@@H](C)O[C@@H](C)C3)cnn1C(C)C)Cn1c-2c(C2CCCCC2)c2ccc(C(=O)NS(=O)(=O)CC(C)C)cc21. The molecule has 0 radical (unpaired) electrons. The molecule has 2 amide bonds. The molecule has 0 unspecified atom stereocenters. The summed E-state index contributed by atoms with van der Waals surface area (Å²) in [5.41, 5.74) is 7.61. The van der Waals surface area contributed by atoms with Gasteiger partial charge >= 0.3 is 0 Å². The van der Waals surface area contributed by atoms with Crippen molar-refractivity contribution in [3.8, 4) is 17.0 Å². The number of amides is 2. The fraction of sp³-hybridized carbons (Fsp3) is 0.500. The lowest BCUT2D eigenvalue weighted by molar-refractivity contribution is -0.0586. The Morgan fingerprint density at radius 1 is 0.981 bits per heavy atom. The van der Waals surface area contributed by atoms with Crippen LogP contribution in [0.15, 0.2) is 42.6 Å². The van der Waals surface area contributed by atoms with Crippen LogP contribution in [-0.2, 0) is 21.3 Å². The second-order valence-electron chi connectivity index (χ2n) is 16.1. The highest BCUT2D eigenvalue weighted by molar-refractivity contribution is 7.90. The van der Waals surface area contributed by atoms with Crippen molar-refractivity contribution in [1.29, 1.82) is 0 Å². The summed E-state index contributed by atoms with van der Waals surface area (Å²) in [4.78, 5) is 29.9. The number of nitrogens with one attached hydrogen (secondary N) is 1. The molecule has 2 fully saturated rings. The number of fused-ring (bicyclic) bond motifs is 5. The quantitative estimate of drug-likeness (QED) is 0.186. The number of allylic oxidation sites excluding steroid dienone is 1. The Hall–Kier alpha value is -4.42. The minimum atomic E-state index is -3.82. The highest BCUT2D eigenvalue weighted by atomic mass is 32.2. The fourth-order valence-electron chi connectivity index (χ4n) is 8.75. The van der Waals surface area contributed by atoms with Crippen LogP contribution in [0.1, 0.15) is 123 Å². The van der Waals surface area contributed by atoms with Gasteiger partial charge in [-0.15, -0.1) is 0 Å². The van der Waals surface area contributed by atoms with Crippen LogP contribution < -0.4 is 9.46 Å². The molecule has 7 rings (SSSR count). The Labute approximate surface area is 318 Å². The number of sulfonamides is 1. The number of morpholine rings is 1. The van der Waals surface area contributed by atoms with Gasteiger partial charge in [0, 0.05) is 41.2 Å². The monoisotopic (exact) mass is 755 g/mol. The third kappa shape index (κ3) is 7.34. The summed E-state index contributed by atoms with van der Waals surface area (Å²) < 4.78 is 44.0. The molecule has 54 heavy (non-hydrogen) atoms. The van der Waals surface area contributed by atoms with Gasteiger partial charge in [-0.05, 0) is 105 Å². The van der Waals surface area contributed by atoms with E-state index in [0.717, 1.165) is 70.4 Å². The molecule has 288 valence electrons. The maximum atomic E-state index is 14.5. The molecule has 2 atom stereocenters. The van der Waals surface area contributed by atoms with Crippen molar-refractivity contribution in [2.24, 2.45) is 5.92 Å². The van der Waals surface area contributed by atoms with E-state index in [1.165, 1.54) is 12.0 Å². The lowest BCUT2D eigenvalue weighted by atomic mass is 9.81. The van der Waals surface area contributed by atoms with Crippen LogP contribution in [0.25, 0.3) is 33.8 Å². The molecule has 2 aliphatic heterocycles. The number of carbonyl (C=O) groups is 2. The van der Waals surface area contributed by atoms with E-state index in [1.54, 1.807) is 19.4 Å². The van der Waals surface area contributed by atoms with Gasteiger partial charge in [-0.25, -0.2) is 13.1 Å². The summed E-state index contributed by atoms with van der Waals surface area (Å²) in [6.07, 6.45) is 9.29. The van der Waals surface area contributed by atoms with Gasteiger partial charge in [0.2, 0.25) is 10.0 Å². The van der Waals surface area contributed by atoms with Crippen molar-refractivity contribution in [3.63, 3.8) is 0 Å². The summed E-state index contributed by atoms with van der Waals surface area (Å²) in [5.74, 6) is 0.0170. The van der Waals surface area contributed by atoms with Gasteiger partial charge in [-0.3, -0.25) is 14.3 Å². The molecular formula is C42H53N5O6S. The molecule has 2 aromatic carbocycles. The summed E-state index contributed by atoms with van der Waals surface area (Å²) in [6, 6.07) is 11.7. The van der Waals surface area contributed by atoms with E-state index >= 15 is 0 Å². The molecule has 2 aromatic heterocycles. The molecular weight excluding hydrogens is 703 g/mol. The molecule has 4 heterocycles. The van der Waals surface area contributed by atoms with E-state index in [4.69, 9.17) is 14.6 Å². The van der Waals surface area contributed by atoms with Crippen LogP contribution in [0.5, 0.6) is 5.75 Å². The van der Waals surface area contributed by atoms with Crippen molar-refractivity contribution in [2.75, 3.05) is 26.0 Å². The van der Waals surface area contributed by atoms with Crippen LogP contribution in [0.2, 0.25) is 0 Å². The smallest absolute Gasteiger partial charge is 0.264 e. The highest BCUT2D eigenvalue weighted by Gasteiger charge is 2.34. The van der Waals surface area contributed by atoms with Crippen molar-refractivity contribution in [2.45, 2.75) is 104 Å². The molecule has 1 N–H and O–H groups in total. The Morgan fingerprint density at radius 3 is 2.37 bits per heavy atom. The van der Waals surface area contributed by atoms with Gasteiger partial charge in [0.05, 0.1) is 54.8 Å². The number of hydrogen-bond acceptors (Lipinski definition) is 7. The van der Waals surface area contributed by atoms with Crippen LogP contribution in [0, 0.1) is 5.92 Å². The van der Waals surface area contributed by atoms with E-state index < -0.39 is 15.9 Å². The van der Waals surface area contributed by atoms with Crippen LogP contribution in [0.4, 0.5) is 0 Å². The van der Waals surface area contributed by atoms with E-state index in [0.29, 0.717) is 31.1 Å². The number of hydrogen-bond donors (Lipinski definition) is 1. The summed E-state index contributed by atoms with van der Waals surface area (Å²) in [7, 11) is -2.16. The maximum Gasteiger partial charge on any atom is 0.264 e. The van der Waals surface area contributed by atoms with Gasteiger partial charge in [-0.2, -0.15) is 5.10 Å². The lowest BCUT2D eigenvalue weighted by Gasteiger charge is -2.35. The highest BCUT2D eigenvalue weighted by Crippen LogP contribution is 2.48. The summed E-state index contributed by atoms with van der Waals surface area (Å²) >= 11 is 0. The van der Waals surface area contributed by atoms with Crippen molar-refractivity contribution in [3.05, 3.63) is 70.5 Å². The van der Waals surface area contributed by atoms with Crippen molar-refractivity contribution in [1.82, 2.24) is 24.0 Å². The number of methoxy groups -OCH3 is 1. The van der Waals surface area contributed by atoms with Crippen molar-refractivity contribution < 1.29 is 27.5 Å². The third-order valence-corrected chi connectivity index (χ3v) is 12.5. The zero-order valence-corrected chi connectivity index (χ0v) is 33.3. The number of carbonyl (C=O) groups excluding carboxylic acids is 2. The first-order valence-electron chi connectivity index (χ1n) is 19.4. The minimum absolute atomic E-state index is 0.0419. The predicted octanol–water partition coefficient (Wildman–Crippen LogP) is 7.66. The number of benzene rings is 2. The predicted molar refractivity (Wildman–Crippen MR) is 212 cm³/mol. The number of nitrogens with zero attached hydrogens (tertiary/aromatic N) is 4. The molecule has 3 aliphatic rings. The van der Waals surface area contributed by atoms with E-state index in [2.05, 4.69) is 41.3 Å². The Kier molecular flexibility index (Phi) is 10.5. The first-order valence-corrected chi connectivity index (χ1v) is 21.0. The molecule has 1 saturated carbocycles. The topological polar surface area (TPSA) is 125 Å². The Morgan fingerprint density at radius 2 is 1.70 bits per heavy atom. The van der Waals surface area contributed by atoms with Crippen LogP contribution in [0.3, 0.4) is 0 Å². The maximum absolute atomic E-state index is 14.5. The van der Waals surface area contributed by atoms with E-state index in [9.17, 15) is 18.0 Å². The van der Waals surface area contributed by atoms with Crippen LogP contribution in [-0.4, -0.2) is 77.6 Å². The zero-order valence-electron chi connectivity index (χ0n) is 32.5. The lowest BCUT2D eigenvalue weighted by Crippen LogP contribution is -2.48. The van der Waals surface area contributed by atoms with E-state index in [1.807, 2.05) is 55.5 Å². The summed E-state index contributed by atoms with van der Waals surface area (Å²) in [5, 5.41) is 5.85. The number of rotatable bonds is 9. The Bertz CT molecular complexity index is 2220. The average Bonchev–Trinajstić information content (AvgIpc) is 3.65. The van der Waals surface area contributed by atoms with Gasteiger partial charge in [0.15, 0.2) is 0 Å². The molecule has 12 heteroatoms. The molecule has 1 aliphatic carbocycles. The fourth-order valence-corrected chi connectivity index (χ4v) is 10.1. The molecule has 11 nitrogen and oxygen atoms in total. The van der Waals surface area contributed by atoms with Crippen molar-refractivity contribution >= 4 is 44.4 Å². The molecule has 0 bridgehead atoms. The summed E-state index contributed by atoms with van der Waals surface area (Å²) in [6.45, 7) is 13.1. The zero-order chi connectivity index (χ0) is 38.5. The molecule has 0 spiro atoms. The standard InChI is InChI=1S/C42H53N5O6S/c1-25(2)24-54(50,51)44-41(48)30-13-15-35-37(19-30)46-23-32(39-36(20-43-47(39)26(3)4)42(49)45-21-27(5)53-28(6)22-45)17-31-18-33(52-7)14-16-34(31)40(46)38(35)29-11-9-8-10-12-29/h13-20,25-29H,8-12,21-24H2,1-7H3,(H,44,48)/t27-,28+. The van der Waals surface area contributed by atoms with Gasteiger partial charge < -0.3 is 18.9 Å². The van der Waals surface area contributed by atoms with E-state index in [-0.39, 0.29) is 41.4 Å². The molecule has 4 aromatic rings. The van der Waals surface area contributed by atoms with Crippen LogP contribution >= 0.6 is 0 Å². The second-order valence-corrected chi connectivity index (χ2v) is 17.8. The normalized spacial score (nSPS) is 19.4. The second kappa shape index (κ2) is 15.0. The number of ether oxygens (including phenoxy) is 2. The van der Waals surface area contributed by atoms with Gasteiger partial charge in [0.1, 0.15) is 5.75 Å². The van der Waals surface area contributed by atoms with Gasteiger partial charge in [0.25, 0.3) is 11.8 Å². The third-order valence-electron chi connectivity index (χ3n) is 10.9. The number of aromatic nitrogens is 3. The van der Waals surface area contributed by atoms with Gasteiger partial charge in [-0.1, -0.05) is 39.2 Å². The average molecular weight is 756 g/mol. The largest absolute Gasteiger partial charge is 0.497 e.